The van der Waals surface area contributed by atoms with Crippen molar-refractivity contribution < 1.29 is 28.6 Å². The topological polar surface area (TPSA) is 115 Å². The molecule has 0 aliphatic rings. The van der Waals surface area contributed by atoms with E-state index in [4.69, 9.17) is 14.2 Å². The van der Waals surface area contributed by atoms with Crippen LogP contribution in [0, 0.1) is 0 Å². The van der Waals surface area contributed by atoms with Gasteiger partial charge in [0.05, 0.1) is 0 Å². The van der Waals surface area contributed by atoms with Crippen molar-refractivity contribution in [2.75, 3.05) is 13.1 Å². The van der Waals surface area contributed by atoms with Crippen molar-refractivity contribution in [1.82, 2.24) is 16.0 Å². The minimum absolute atomic E-state index is 0.159. The van der Waals surface area contributed by atoms with E-state index in [-0.39, 0.29) is 13.2 Å². The molecule has 32 heavy (non-hydrogen) atoms. The Morgan fingerprint density at radius 1 is 0.844 bits per heavy atom. The van der Waals surface area contributed by atoms with Crippen LogP contribution < -0.4 is 16.0 Å². The number of hydrogen-bond donors (Lipinski definition) is 3. The molecule has 0 saturated carbocycles. The lowest BCUT2D eigenvalue weighted by atomic mass is 10.1. The van der Waals surface area contributed by atoms with Gasteiger partial charge in [-0.15, -0.1) is 0 Å². The van der Waals surface area contributed by atoms with Gasteiger partial charge in [0.1, 0.15) is 17.8 Å². The lowest BCUT2D eigenvalue weighted by molar-refractivity contribution is 0.0460. The quantitative estimate of drug-likeness (QED) is 0.384. The molecular weight excluding hydrogens is 414 g/mol. The molecule has 9 nitrogen and oxygen atoms in total. The molecule has 0 radical (unpaired) electrons. The molecule has 3 amide bonds. The van der Waals surface area contributed by atoms with Crippen LogP contribution in [0.3, 0.4) is 0 Å². The predicted octanol–water partition coefficient (Wildman–Crippen LogP) is 4.11. The smallest absolute Gasteiger partial charge is 0.407 e. The number of amides is 3. The van der Waals surface area contributed by atoms with E-state index >= 15 is 0 Å². The number of carbonyl (C=O) groups is 3. The number of hydrogen-bond acceptors (Lipinski definition) is 6. The van der Waals surface area contributed by atoms with Crippen LogP contribution >= 0.6 is 0 Å². The van der Waals surface area contributed by atoms with Crippen molar-refractivity contribution in [2.24, 2.45) is 0 Å². The number of carbonyl (C=O) groups excluding carboxylic acids is 3. The van der Waals surface area contributed by atoms with E-state index in [0.29, 0.717) is 19.4 Å². The average molecular weight is 452 g/mol. The van der Waals surface area contributed by atoms with Gasteiger partial charge in [-0.3, -0.25) is 0 Å². The Labute approximate surface area is 190 Å². The Morgan fingerprint density at radius 3 is 2.03 bits per heavy atom. The summed E-state index contributed by atoms with van der Waals surface area (Å²) in [7, 11) is 0. The van der Waals surface area contributed by atoms with E-state index in [2.05, 4.69) is 16.0 Å². The van der Waals surface area contributed by atoms with Crippen LogP contribution in [0.5, 0.6) is 0 Å². The molecule has 1 atom stereocenters. The summed E-state index contributed by atoms with van der Waals surface area (Å²) in [6, 6.07) is 8.98. The zero-order chi connectivity index (χ0) is 24.2. The highest BCUT2D eigenvalue weighted by Gasteiger charge is 2.21. The first-order valence-corrected chi connectivity index (χ1v) is 10.7. The molecule has 0 aliphatic heterocycles. The summed E-state index contributed by atoms with van der Waals surface area (Å²) in [5.41, 5.74) is -0.364. The lowest BCUT2D eigenvalue weighted by Gasteiger charge is -2.25. The van der Waals surface area contributed by atoms with Crippen molar-refractivity contribution in [3.05, 3.63) is 35.9 Å². The highest BCUT2D eigenvalue weighted by Crippen LogP contribution is 2.09. The molecular formula is C23H37N3O6. The largest absolute Gasteiger partial charge is 0.445 e. The van der Waals surface area contributed by atoms with Crippen LogP contribution in [0.15, 0.2) is 30.3 Å². The van der Waals surface area contributed by atoms with Gasteiger partial charge in [0.15, 0.2) is 0 Å². The van der Waals surface area contributed by atoms with Crippen LogP contribution in [0.4, 0.5) is 14.4 Å². The van der Waals surface area contributed by atoms with Crippen molar-refractivity contribution in [1.29, 1.82) is 0 Å². The molecule has 1 aromatic carbocycles. The Bertz CT molecular complexity index is 725. The summed E-state index contributed by atoms with van der Waals surface area (Å²) in [6.07, 6.45) is -0.623. The van der Waals surface area contributed by atoms with Crippen LogP contribution in [0.25, 0.3) is 0 Å². The first-order chi connectivity index (χ1) is 14.8. The van der Waals surface area contributed by atoms with Gasteiger partial charge in [-0.2, -0.15) is 0 Å². The first kappa shape index (κ1) is 27.1. The third-order valence-electron chi connectivity index (χ3n) is 3.82. The van der Waals surface area contributed by atoms with Crippen LogP contribution in [-0.4, -0.2) is 48.6 Å². The maximum absolute atomic E-state index is 12.1. The average Bonchev–Trinajstić information content (AvgIpc) is 2.65. The maximum atomic E-state index is 12.1. The zero-order valence-electron chi connectivity index (χ0n) is 19.9. The summed E-state index contributed by atoms with van der Waals surface area (Å²) in [4.78, 5) is 35.9. The Hall–Kier alpha value is -2.97. The minimum atomic E-state index is -0.642. The Balaban J connectivity index is 2.45. The van der Waals surface area contributed by atoms with Crippen LogP contribution in [0.2, 0.25) is 0 Å². The predicted molar refractivity (Wildman–Crippen MR) is 121 cm³/mol. The molecule has 0 saturated heterocycles. The van der Waals surface area contributed by atoms with E-state index < -0.39 is 35.5 Å². The van der Waals surface area contributed by atoms with Gasteiger partial charge < -0.3 is 30.2 Å². The second-order valence-corrected chi connectivity index (χ2v) is 9.36. The molecule has 0 bridgehead atoms. The summed E-state index contributed by atoms with van der Waals surface area (Å²) < 4.78 is 15.7. The van der Waals surface area contributed by atoms with E-state index in [1.54, 1.807) is 41.5 Å². The molecule has 0 spiro atoms. The Kier molecular flexibility index (Phi) is 10.8. The lowest BCUT2D eigenvalue weighted by Crippen LogP contribution is -2.46. The number of alkyl carbamates (subject to hydrolysis) is 3. The first-order valence-electron chi connectivity index (χ1n) is 10.7. The molecule has 0 heterocycles. The van der Waals surface area contributed by atoms with Gasteiger partial charge in [0.2, 0.25) is 0 Å². The third kappa shape index (κ3) is 14.1. The van der Waals surface area contributed by atoms with Crippen LogP contribution in [0.1, 0.15) is 59.9 Å². The molecule has 1 aromatic rings. The summed E-state index contributed by atoms with van der Waals surface area (Å²) in [5.74, 6) is 0. The van der Waals surface area contributed by atoms with Gasteiger partial charge in [-0.1, -0.05) is 30.3 Å². The normalized spacial score (nSPS) is 12.3. The van der Waals surface area contributed by atoms with Crippen molar-refractivity contribution >= 4 is 18.3 Å². The molecule has 180 valence electrons. The van der Waals surface area contributed by atoms with Gasteiger partial charge in [-0.05, 0) is 59.9 Å². The monoisotopic (exact) mass is 451 g/mol. The number of ether oxygens (including phenoxy) is 3. The van der Waals surface area contributed by atoms with Gasteiger partial charge in [0.25, 0.3) is 0 Å². The van der Waals surface area contributed by atoms with E-state index in [0.717, 1.165) is 5.56 Å². The van der Waals surface area contributed by atoms with Gasteiger partial charge >= 0.3 is 18.3 Å². The second-order valence-electron chi connectivity index (χ2n) is 9.36. The Morgan fingerprint density at radius 2 is 1.44 bits per heavy atom. The number of rotatable bonds is 9. The molecule has 1 rings (SSSR count). The molecule has 0 unspecified atom stereocenters. The minimum Gasteiger partial charge on any atom is -0.445 e. The maximum Gasteiger partial charge on any atom is 0.407 e. The fourth-order valence-corrected chi connectivity index (χ4v) is 2.53. The molecule has 0 fully saturated rings. The number of benzene rings is 1. The fourth-order valence-electron chi connectivity index (χ4n) is 2.53. The van der Waals surface area contributed by atoms with Crippen LogP contribution in [-0.2, 0) is 20.8 Å². The third-order valence-corrected chi connectivity index (χ3v) is 3.82. The SMILES string of the molecule is CC(C)(C)OC(=O)NC[C@H](CCCNC(=O)OCc1ccccc1)NC(=O)OC(C)(C)C. The molecule has 3 N–H and O–H groups in total. The number of nitrogens with one attached hydrogen (secondary N) is 3. The second kappa shape index (κ2) is 12.8. The van der Waals surface area contributed by atoms with Crippen molar-refractivity contribution in [2.45, 2.75) is 78.2 Å². The van der Waals surface area contributed by atoms with E-state index in [1.807, 2.05) is 30.3 Å². The summed E-state index contributed by atoms with van der Waals surface area (Å²) in [5, 5.41) is 8.08. The van der Waals surface area contributed by atoms with Crippen molar-refractivity contribution in [3.8, 4) is 0 Å². The van der Waals surface area contributed by atoms with Crippen molar-refractivity contribution in [3.63, 3.8) is 0 Å². The highest BCUT2D eigenvalue weighted by molar-refractivity contribution is 5.69. The molecule has 9 heteroatoms. The fraction of sp³-hybridized carbons (Fsp3) is 0.609. The zero-order valence-corrected chi connectivity index (χ0v) is 19.9. The summed E-state index contributed by atoms with van der Waals surface area (Å²) in [6.45, 7) is 11.3. The van der Waals surface area contributed by atoms with E-state index in [1.165, 1.54) is 0 Å². The highest BCUT2D eigenvalue weighted by atomic mass is 16.6. The van der Waals surface area contributed by atoms with Gasteiger partial charge in [-0.25, -0.2) is 14.4 Å². The summed E-state index contributed by atoms with van der Waals surface area (Å²) >= 11 is 0. The van der Waals surface area contributed by atoms with E-state index in [9.17, 15) is 14.4 Å². The molecule has 0 aliphatic carbocycles. The standard InChI is InChI=1S/C23H37N3O6/c1-22(2,3)31-20(28)25-15-18(26-21(29)32-23(4,5)6)13-10-14-24-19(27)30-16-17-11-8-7-9-12-17/h7-9,11-12,18H,10,13-16H2,1-6H3,(H,24,27)(H,25,28)(H,26,29)/t18-/m0/s1. The van der Waals surface area contributed by atoms with Gasteiger partial charge in [0, 0.05) is 19.1 Å². The molecule has 0 aromatic heterocycles.